The summed E-state index contributed by atoms with van der Waals surface area (Å²) in [5.41, 5.74) is -0.734. The van der Waals surface area contributed by atoms with Crippen LogP contribution in [0.2, 0.25) is 0 Å². The van der Waals surface area contributed by atoms with Crippen LogP contribution in [0.1, 0.15) is 46.0 Å². The van der Waals surface area contributed by atoms with E-state index in [1.165, 1.54) is 0 Å². The molecule has 118 valence electrons. The van der Waals surface area contributed by atoms with E-state index in [9.17, 15) is 9.90 Å². The highest BCUT2D eigenvalue weighted by Gasteiger charge is 2.40. The zero-order valence-electron chi connectivity index (χ0n) is 13.2. The van der Waals surface area contributed by atoms with Crippen LogP contribution < -0.4 is 5.32 Å². The number of hydrogen-bond donors (Lipinski definition) is 2. The fraction of sp³-hybridized carbons (Fsp3) is 0.933. The minimum atomic E-state index is -0.734. The van der Waals surface area contributed by atoms with Gasteiger partial charge in [0.1, 0.15) is 5.54 Å². The number of methoxy groups -OCH3 is 1. The third-order valence-corrected chi connectivity index (χ3v) is 4.21. The fourth-order valence-corrected chi connectivity index (χ4v) is 2.54. The van der Waals surface area contributed by atoms with Gasteiger partial charge < -0.3 is 14.7 Å². The van der Waals surface area contributed by atoms with E-state index in [1.807, 2.05) is 6.92 Å². The first-order valence-corrected chi connectivity index (χ1v) is 7.80. The lowest BCUT2D eigenvalue weighted by atomic mass is 9.90. The molecule has 1 aliphatic rings. The summed E-state index contributed by atoms with van der Waals surface area (Å²) in [6.45, 7) is 7.64. The molecule has 0 aromatic heterocycles. The molecule has 0 heterocycles. The Hall–Kier alpha value is -0.650. The van der Waals surface area contributed by atoms with E-state index in [0.717, 1.165) is 45.5 Å². The number of carbonyl (C=O) groups is 1. The summed E-state index contributed by atoms with van der Waals surface area (Å²) in [4.78, 5) is 13.9. The topological polar surface area (TPSA) is 61.8 Å². The molecular formula is C15H30N2O3. The van der Waals surface area contributed by atoms with Crippen molar-refractivity contribution in [1.82, 2.24) is 10.2 Å². The first-order valence-electron chi connectivity index (χ1n) is 7.80. The molecule has 1 fully saturated rings. The number of nitrogens with one attached hydrogen (secondary N) is 1. The van der Waals surface area contributed by atoms with Gasteiger partial charge in [-0.15, -0.1) is 0 Å². The highest BCUT2D eigenvalue weighted by molar-refractivity contribution is 5.78. The first kappa shape index (κ1) is 17.4. The van der Waals surface area contributed by atoms with Crippen LogP contribution in [0.25, 0.3) is 0 Å². The quantitative estimate of drug-likeness (QED) is 0.572. The molecule has 1 aliphatic carbocycles. The number of nitrogens with zero attached hydrogens (tertiary/aromatic N) is 1. The largest absolute Gasteiger partial charge is 0.480 e. The van der Waals surface area contributed by atoms with Crippen LogP contribution in [-0.4, -0.2) is 60.9 Å². The molecule has 0 spiro atoms. The van der Waals surface area contributed by atoms with Gasteiger partial charge >= 0.3 is 5.97 Å². The first-order chi connectivity index (χ1) is 9.57. The molecule has 1 rings (SSSR count). The molecule has 0 amide bonds. The minimum Gasteiger partial charge on any atom is -0.480 e. The Morgan fingerprint density at radius 2 is 2.10 bits per heavy atom. The lowest BCUT2D eigenvalue weighted by Crippen LogP contribution is -2.53. The zero-order valence-corrected chi connectivity index (χ0v) is 13.2. The van der Waals surface area contributed by atoms with Gasteiger partial charge in [-0.05, 0) is 45.2 Å². The van der Waals surface area contributed by atoms with Gasteiger partial charge in [0.15, 0.2) is 0 Å². The Kier molecular flexibility index (Phi) is 7.48. The maximum Gasteiger partial charge on any atom is 0.323 e. The van der Waals surface area contributed by atoms with Crippen LogP contribution in [0.5, 0.6) is 0 Å². The van der Waals surface area contributed by atoms with Crippen molar-refractivity contribution in [1.29, 1.82) is 0 Å². The minimum absolute atomic E-state index is 0.418. The standard InChI is InChI=1S/C15H30N2O3/c1-4-15(14(18)19,16-13-7-8-13)9-6-10-17(5-2)11-12-20-3/h13,16H,4-12H2,1-3H3,(H,18,19). The molecule has 0 radical (unpaired) electrons. The molecule has 20 heavy (non-hydrogen) atoms. The summed E-state index contributed by atoms with van der Waals surface area (Å²) in [6, 6.07) is 0.418. The highest BCUT2D eigenvalue weighted by atomic mass is 16.5. The number of likely N-dealkylation sites (N-methyl/N-ethyl adjacent to an activating group) is 1. The third-order valence-electron chi connectivity index (χ3n) is 4.21. The fourth-order valence-electron chi connectivity index (χ4n) is 2.54. The van der Waals surface area contributed by atoms with Gasteiger partial charge in [-0.3, -0.25) is 10.1 Å². The van der Waals surface area contributed by atoms with Crippen LogP contribution in [0.3, 0.4) is 0 Å². The van der Waals surface area contributed by atoms with Gasteiger partial charge in [0, 0.05) is 19.7 Å². The molecule has 1 saturated carbocycles. The van der Waals surface area contributed by atoms with Crippen LogP contribution in [0.4, 0.5) is 0 Å². The molecule has 0 bridgehead atoms. The number of aliphatic carboxylic acids is 1. The number of rotatable bonds is 12. The summed E-state index contributed by atoms with van der Waals surface area (Å²) < 4.78 is 5.09. The summed E-state index contributed by atoms with van der Waals surface area (Å²) in [6.07, 6.45) is 4.47. The molecule has 0 saturated heterocycles. The van der Waals surface area contributed by atoms with Gasteiger partial charge in [-0.1, -0.05) is 13.8 Å². The van der Waals surface area contributed by atoms with Gasteiger partial charge in [0.25, 0.3) is 0 Å². The molecule has 1 unspecified atom stereocenters. The summed E-state index contributed by atoms with van der Waals surface area (Å²) >= 11 is 0. The van der Waals surface area contributed by atoms with Crippen molar-refractivity contribution in [3.63, 3.8) is 0 Å². The van der Waals surface area contributed by atoms with E-state index < -0.39 is 11.5 Å². The van der Waals surface area contributed by atoms with Crippen molar-refractivity contribution in [2.24, 2.45) is 0 Å². The summed E-state index contributed by atoms with van der Waals surface area (Å²) in [7, 11) is 1.71. The zero-order chi connectivity index (χ0) is 15.0. The van der Waals surface area contributed by atoms with E-state index in [-0.39, 0.29) is 0 Å². The number of ether oxygens (including phenoxy) is 1. The molecular weight excluding hydrogens is 256 g/mol. The molecule has 5 heteroatoms. The highest BCUT2D eigenvalue weighted by Crippen LogP contribution is 2.27. The second-order valence-electron chi connectivity index (χ2n) is 5.69. The van der Waals surface area contributed by atoms with Gasteiger partial charge in [0.05, 0.1) is 6.61 Å². The Morgan fingerprint density at radius 1 is 1.40 bits per heavy atom. The van der Waals surface area contributed by atoms with Crippen molar-refractivity contribution < 1.29 is 14.6 Å². The lowest BCUT2D eigenvalue weighted by Gasteiger charge is -2.31. The van der Waals surface area contributed by atoms with Crippen molar-refractivity contribution in [3.05, 3.63) is 0 Å². The van der Waals surface area contributed by atoms with E-state index in [2.05, 4.69) is 17.1 Å². The van der Waals surface area contributed by atoms with Crippen LogP contribution in [0.15, 0.2) is 0 Å². The third kappa shape index (κ3) is 5.38. The second kappa shape index (κ2) is 8.60. The average Bonchev–Trinajstić information content (AvgIpc) is 3.24. The van der Waals surface area contributed by atoms with E-state index >= 15 is 0 Å². The predicted octanol–water partition coefficient (Wildman–Crippen LogP) is 1.72. The van der Waals surface area contributed by atoms with Crippen LogP contribution in [-0.2, 0) is 9.53 Å². The molecule has 5 nitrogen and oxygen atoms in total. The SMILES string of the molecule is CCN(CCCC(CC)(NC1CC1)C(=O)O)CCOC. The molecule has 0 aromatic rings. The van der Waals surface area contributed by atoms with Crippen molar-refractivity contribution in [2.75, 3.05) is 33.4 Å². The number of hydrogen-bond acceptors (Lipinski definition) is 4. The molecule has 2 N–H and O–H groups in total. The van der Waals surface area contributed by atoms with Crippen LogP contribution in [0, 0.1) is 0 Å². The predicted molar refractivity (Wildman–Crippen MR) is 80.0 cm³/mol. The van der Waals surface area contributed by atoms with Crippen molar-refractivity contribution in [3.8, 4) is 0 Å². The Balaban J connectivity index is 2.42. The smallest absolute Gasteiger partial charge is 0.323 e. The van der Waals surface area contributed by atoms with Crippen molar-refractivity contribution >= 4 is 5.97 Å². The monoisotopic (exact) mass is 286 g/mol. The Bertz CT molecular complexity index is 295. The summed E-state index contributed by atoms with van der Waals surface area (Å²) in [5.74, 6) is -0.702. The van der Waals surface area contributed by atoms with Gasteiger partial charge in [0.2, 0.25) is 0 Å². The average molecular weight is 286 g/mol. The normalized spacial score (nSPS) is 18.2. The maximum absolute atomic E-state index is 11.6. The molecule has 0 aromatic carbocycles. The van der Waals surface area contributed by atoms with Crippen molar-refractivity contribution in [2.45, 2.75) is 57.5 Å². The molecule has 1 atom stereocenters. The number of carboxylic acid groups (broad SMARTS) is 1. The van der Waals surface area contributed by atoms with E-state index in [1.54, 1.807) is 7.11 Å². The Morgan fingerprint density at radius 3 is 2.55 bits per heavy atom. The lowest BCUT2D eigenvalue weighted by molar-refractivity contribution is -0.145. The van der Waals surface area contributed by atoms with Gasteiger partial charge in [-0.25, -0.2) is 0 Å². The maximum atomic E-state index is 11.6. The summed E-state index contributed by atoms with van der Waals surface area (Å²) in [5, 5.41) is 12.9. The van der Waals surface area contributed by atoms with Gasteiger partial charge in [-0.2, -0.15) is 0 Å². The number of carboxylic acids is 1. The van der Waals surface area contributed by atoms with E-state index in [4.69, 9.17) is 4.74 Å². The second-order valence-corrected chi connectivity index (χ2v) is 5.69. The molecule has 0 aliphatic heterocycles. The van der Waals surface area contributed by atoms with Crippen LogP contribution >= 0.6 is 0 Å². The van der Waals surface area contributed by atoms with E-state index in [0.29, 0.717) is 18.9 Å². The Labute approximate surface area is 122 Å².